The average molecular weight is 350 g/mol. The molecular weight excluding hydrogens is 330 g/mol. The van der Waals surface area contributed by atoms with E-state index in [9.17, 15) is 8.42 Å². The van der Waals surface area contributed by atoms with Crippen molar-refractivity contribution in [3.63, 3.8) is 0 Å². The predicted molar refractivity (Wildman–Crippen MR) is 82.7 cm³/mol. The third-order valence-electron chi connectivity index (χ3n) is 3.39. The summed E-state index contributed by atoms with van der Waals surface area (Å²) < 4.78 is 43.5. The van der Waals surface area contributed by atoms with Gasteiger partial charge in [-0.2, -0.15) is 0 Å². The molecule has 0 aliphatic carbocycles. The number of rotatable bonds is 6. The van der Waals surface area contributed by atoms with E-state index in [2.05, 4.69) is 4.72 Å². The van der Waals surface area contributed by atoms with E-state index in [0.717, 1.165) is 6.42 Å². The lowest BCUT2D eigenvalue weighted by Gasteiger charge is -2.33. The lowest BCUT2D eigenvalue weighted by Crippen LogP contribution is -2.41. The third kappa shape index (κ3) is 4.33. The minimum atomic E-state index is -3.72. The van der Waals surface area contributed by atoms with Crippen LogP contribution in [0.5, 0.6) is 5.75 Å². The molecule has 1 fully saturated rings. The summed E-state index contributed by atoms with van der Waals surface area (Å²) in [7, 11) is -2.31. The topological polar surface area (TPSA) is 73.9 Å². The molecule has 6 nitrogen and oxygen atoms in total. The van der Waals surface area contributed by atoms with Crippen LogP contribution in [0.1, 0.15) is 19.8 Å². The summed E-state index contributed by atoms with van der Waals surface area (Å²) >= 11 is 5.87. The van der Waals surface area contributed by atoms with Gasteiger partial charge in [-0.3, -0.25) is 0 Å². The Bertz CT molecular complexity index is 614. The van der Waals surface area contributed by atoms with Gasteiger partial charge in [0.1, 0.15) is 10.6 Å². The van der Waals surface area contributed by atoms with Crippen LogP contribution in [0.15, 0.2) is 23.1 Å². The van der Waals surface area contributed by atoms with Crippen molar-refractivity contribution in [2.75, 3.05) is 26.9 Å². The second kappa shape index (κ2) is 7.14. The Balaban J connectivity index is 2.04. The lowest BCUT2D eigenvalue weighted by atomic mass is 10.2. The number of hydrogen-bond acceptors (Lipinski definition) is 5. The molecule has 1 aliphatic heterocycles. The molecule has 0 bridgehead atoms. The van der Waals surface area contributed by atoms with E-state index in [1.54, 1.807) is 13.0 Å². The maximum absolute atomic E-state index is 12.4. The maximum atomic E-state index is 12.4. The van der Waals surface area contributed by atoms with Crippen LogP contribution in [-0.2, 0) is 19.5 Å². The van der Waals surface area contributed by atoms with Crippen LogP contribution in [0.4, 0.5) is 0 Å². The van der Waals surface area contributed by atoms with E-state index in [0.29, 0.717) is 24.7 Å². The second-order valence-electron chi connectivity index (χ2n) is 5.13. The number of halogens is 1. The van der Waals surface area contributed by atoms with Gasteiger partial charge in [0.2, 0.25) is 10.0 Å². The summed E-state index contributed by atoms with van der Waals surface area (Å²) in [6.45, 7) is 3.23. The van der Waals surface area contributed by atoms with Crippen LogP contribution in [0.3, 0.4) is 0 Å². The number of ether oxygens (including phenoxy) is 3. The number of benzene rings is 1. The van der Waals surface area contributed by atoms with Gasteiger partial charge in [-0.05, 0) is 31.5 Å². The van der Waals surface area contributed by atoms with E-state index in [4.69, 9.17) is 25.8 Å². The first-order valence-corrected chi connectivity index (χ1v) is 8.83. The van der Waals surface area contributed by atoms with Crippen molar-refractivity contribution in [3.05, 3.63) is 23.2 Å². The predicted octanol–water partition coefficient (Wildman–Crippen LogP) is 2.17. The highest BCUT2D eigenvalue weighted by atomic mass is 35.5. The Morgan fingerprint density at radius 3 is 2.68 bits per heavy atom. The van der Waals surface area contributed by atoms with Crippen LogP contribution in [0.2, 0.25) is 5.02 Å². The van der Waals surface area contributed by atoms with Gasteiger partial charge in [-0.15, -0.1) is 0 Å². The normalized spacial score (nSPS) is 18.1. The van der Waals surface area contributed by atoms with Crippen molar-refractivity contribution < 1.29 is 22.6 Å². The highest BCUT2D eigenvalue weighted by molar-refractivity contribution is 7.89. The lowest BCUT2D eigenvalue weighted by molar-refractivity contribution is -0.257. The van der Waals surface area contributed by atoms with Crippen molar-refractivity contribution in [1.29, 1.82) is 0 Å². The van der Waals surface area contributed by atoms with Crippen LogP contribution >= 0.6 is 11.6 Å². The van der Waals surface area contributed by atoms with E-state index < -0.39 is 15.8 Å². The van der Waals surface area contributed by atoms with E-state index in [1.807, 2.05) is 0 Å². The molecule has 0 radical (unpaired) electrons. The molecule has 1 aromatic rings. The molecular formula is C14H20ClNO5S. The molecule has 1 aliphatic rings. The molecule has 0 aromatic heterocycles. The minimum absolute atomic E-state index is 0.0122. The summed E-state index contributed by atoms with van der Waals surface area (Å²) in [6.07, 6.45) is 1.26. The molecule has 1 aromatic carbocycles. The Kier molecular flexibility index (Phi) is 5.68. The monoisotopic (exact) mass is 349 g/mol. The van der Waals surface area contributed by atoms with Gasteiger partial charge >= 0.3 is 0 Å². The van der Waals surface area contributed by atoms with Crippen molar-refractivity contribution in [1.82, 2.24) is 4.72 Å². The van der Waals surface area contributed by atoms with Crippen molar-refractivity contribution in [3.8, 4) is 5.75 Å². The molecule has 0 saturated carbocycles. The first-order chi connectivity index (χ1) is 10.4. The Morgan fingerprint density at radius 1 is 1.36 bits per heavy atom. The number of methoxy groups -OCH3 is 1. The fourth-order valence-electron chi connectivity index (χ4n) is 2.17. The maximum Gasteiger partial charge on any atom is 0.244 e. The molecule has 0 unspecified atom stereocenters. The van der Waals surface area contributed by atoms with E-state index >= 15 is 0 Å². The Morgan fingerprint density at radius 2 is 2.05 bits per heavy atom. The first-order valence-electron chi connectivity index (χ1n) is 6.97. The zero-order chi connectivity index (χ0) is 16.2. The van der Waals surface area contributed by atoms with Crippen LogP contribution in [0, 0.1) is 0 Å². The Labute approximate surface area is 135 Å². The largest absolute Gasteiger partial charge is 0.495 e. The summed E-state index contributed by atoms with van der Waals surface area (Å²) in [5, 5.41) is 0.326. The van der Waals surface area contributed by atoms with Crippen LogP contribution in [-0.4, -0.2) is 41.1 Å². The van der Waals surface area contributed by atoms with E-state index in [-0.39, 0.29) is 17.2 Å². The van der Waals surface area contributed by atoms with Gasteiger partial charge < -0.3 is 14.2 Å². The zero-order valence-corrected chi connectivity index (χ0v) is 14.2. The summed E-state index contributed by atoms with van der Waals surface area (Å²) in [4.78, 5) is 0.0122. The number of nitrogens with one attached hydrogen (secondary N) is 1. The van der Waals surface area contributed by atoms with Crippen LogP contribution in [0.25, 0.3) is 0 Å². The van der Waals surface area contributed by atoms with Crippen molar-refractivity contribution >= 4 is 21.6 Å². The molecule has 8 heteroatoms. The number of hydrogen-bond donors (Lipinski definition) is 1. The molecule has 0 spiro atoms. The summed E-state index contributed by atoms with van der Waals surface area (Å²) in [5.41, 5.74) is 0. The van der Waals surface area contributed by atoms with Gasteiger partial charge in [0.25, 0.3) is 0 Å². The summed E-state index contributed by atoms with van der Waals surface area (Å²) in [6, 6.07) is 4.45. The zero-order valence-electron chi connectivity index (χ0n) is 12.6. The first kappa shape index (κ1) is 17.5. The average Bonchev–Trinajstić information content (AvgIpc) is 2.47. The smallest absolute Gasteiger partial charge is 0.244 e. The quantitative estimate of drug-likeness (QED) is 0.852. The molecule has 1 N–H and O–H groups in total. The van der Waals surface area contributed by atoms with Gasteiger partial charge in [-0.25, -0.2) is 13.1 Å². The minimum Gasteiger partial charge on any atom is -0.495 e. The highest BCUT2D eigenvalue weighted by Gasteiger charge is 2.29. The second-order valence-corrected chi connectivity index (χ2v) is 7.30. The molecule has 0 atom stereocenters. The SMILES string of the molecule is COc1ccc(Cl)cc1S(=O)(=O)NCCC1(C)OCCCO1. The third-order valence-corrected chi connectivity index (χ3v) is 5.11. The molecule has 0 amide bonds. The molecule has 124 valence electrons. The summed E-state index contributed by atoms with van der Waals surface area (Å²) in [5.74, 6) is -0.507. The van der Waals surface area contributed by atoms with E-state index in [1.165, 1.54) is 19.2 Å². The molecule has 1 heterocycles. The standard InChI is InChI=1S/C14H20ClNO5S/c1-14(20-8-3-9-21-14)6-7-16-22(17,18)13-10-11(15)4-5-12(13)19-2/h4-5,10,16H,3,6-9H2,1-2H3. The van der Waals surface area contributed by atoms with Crippen molar-refractivity contribution in [2.45, 2.75) is 30.4 Å². The molecule has 22 heavy (non-hydrogen) atoms. The van der Waals surface area contributed by atoms with Gasteiger partial charge in [-0.1, -0.05) is 11.6 Å². The molecule has 1 saturated heterocycles. The van der Waals surface area contributed by atoms with Gasteiger partial charge in [0, 0.05) is 18.0 Å². The molecule has 2 rings (SSSR count). The fraction of sp³-hybridized carbons (Fsp3) is 0.571. The van der Waals surface area contributed by atoms with Crippen LogP contribution < -0.4 is 9.46 Å². The van der Waals surface area contributed by atoms with Crippen molar-refractivity contribution in [2.24, 2.45) is 0 Å². The van der Waals surface area contributed by atoms with Gasteiger partial charge in [0.05, 0.1) is 20.3 Å². The Hall–Kier alpha value is -0.860. The highest BCUT2D eigenvalue weighted by Crippen LogP contribution is 2.27. The number of sulfonamides is 1. The fourth-order valence-corrected chi connectivity index (χ4v) is 3.63. The van der Waals surface area contributed by atoms with Gasteiger partial charge in [0.15, 0.2) is 5.79 Å².